The highest BCUT2D eigenvalue weighted by Crippen LogP contribution is 2.29. The Bertz CT molecular complexity index is 569. The van der Waals surface area contributed by atoms with Crippen LogP contribution in [0.1, 0.15) is 29.8 Å². The molecule has 0 bridgehead atoms. The van der Waals surface area contributed by atoms with Crippen LogP contribution in [0, 0.1) is 0 Å². The van der Waals surface area contributed by atoms with Gasteiger partial charge in [0, 0.05) is 28.9 Å². The van der Waals surface area contributed by atoms with E-state index in [1.807, 2.05) is 18.3 Å². The standard InChI is InChI=1S/C16H18ClNO2/c1-3-11-4-6-13(18-10-11)9-15(19)14-7-5-12(17)8-16(14)20-2/h4-8,10,15,19H,3,9H2,1-2H3. The maximum absolute atomic E-state index is 10.3. The van der Waals surface area contributed by atoms with Crippen LogP contribution < -0.4 is 4.74 Å². The van der Waals surface area contributed by atoms with E-state index in [1.165, 1.54) is 5.56 Å². The predicted octanol–water partition coefficient (Wildman–Crippen LogP) is 3.58. The Morgan fingerprint density at radius 1 is 1.30 bits per heavy atom. The fourth-order valence-corrected chi connectivity index (χ4v) is 2.22. The highest BCUT2D eigenvalue weighted by Gasteiger charge is 2.15. The molecule has 1 aromatic heterocycles. The monoisotopic (exact) mass is 291 g/mol. The van der Waals surface area contributed by atoms with Gasteiger partial charge in [0.15, 0.2) is 0 Å². The van der Waals surface area contributed by atoms with Gasteiger partial charge in [-0.2, -0.15) is 0 Å². The summed E-state index contributed by atoms with van der Waals surface area (Å²) < 4.78 is 5.26. The highest BCUT2D eigenvalue weighted by atomic mass is 35.5. The highest BCUT2D eigenvalue weighted by molar-refractivity contribution is 6.30. The number of rotatable bonds is 5. The smallest absolute Gasteiger partial charge is 0.126 e. The average molecular weight is 292 g/mol. The molecule has 0 saturated carbocycles. The van der Waals surface area contributed by atoms with Gasteiger partial charge in [-0.05, 0) is 30.2 Å². The first-order valence-corrected chi connectivity index (χ1v) is 6.97. The molecule has 1 N–H and O–H groups in total. The number of halogens is 1. The summed E-state index contributed by atoms with van der Waals surface area (Å²) in [4.78, 5) is 4.36. The van der Waals surface area contributed by atoms with Crippen LogP contribution in [0.15, 0.2) is 36.5 Å². The van der Waals surface area contributed by atoms with E-state index in [-0.39, 0.29) is 0 Å². The molecule has 0 spiro atoms. The lowest BCUT2D eigenvalue weighted by molar-refractivity contribution is 0.173. The third kappa shape index (κ3) is 3.50. The minimum absolute atomic E-state index is 0.446. The summed E-state index contributed by atoms with van der Waals surface area (Å²) in [5.41, 5.74) is 2.76. The van der Waals surface area contributed by atoms with E-state index in [1.54, 1.807) is 25.3 Å². The molecule has 1 heterocycles. The Morgan fingerprint density at radius 3 is 2.70 bits per heavy atom. The van der Waals surface area contributed by atoms with Crippen LogP contribution >= 0.6 is 11.6 Å². The predicted molar refractivity (Wildman–Crippen MR) is 80.3 cm³/mol. The lowest BCUT2D eigenvalue weighted by atomic mass is 10.0. The Labute approximate surface area is 124 Å². The third-order valence-corrected chi connectivity index (χ3v) is 3.49. The van der Waals surface area contributed by atoms with Crippen LogP contribution in [0.2, 0.25) is 5.02 Å². The van der Waals surface area contributed by atoms with Gasteiger partial charge in [0.05, 0.1) is 13.2 Å². The van der Waals surface area contributed by atoms with Crippen LogP contribution in [0.3, 0.4) is 0 Å². The lowest BCUT2D eigenvalue weighted by Crippen LogP contribution is -2.05. The second-order valence-corrected chi connectivity index (χ2v) is 5.05. The Morgan fingerprint density at radius 2 is 2.10 bits per heavy atom. The number of aryl methyl sites for hydroxylation is 1. The van der Waals surface area contributed by atoms with Gasteiger partial charge in [0.2, 0.25) is 0 Å². The molecule has 1 aromatic carbocycles. The number of pyridine rings is 1. The molecule has 2 aromatic rings. The van der Waals surface area contributed by atoms with Crippen molar-refractivity contribution in [3.05, 3.63) is 58.4 Å². The number of aromatic nitrogens is 1. The Hall–Kier alpha value is -1.58. The number of nitrogens with zero attached hydrogens (tertiary/aromatic N) is 1. The molecule has 0 aliphatic rings. The molecule has 0 aliphatic heterocycles. The summed E-state index contributed by atoms with van der Waals surface area (Å²) in [7, 11) is 1.57. The fraction of sp³-hybridized carbons (Fsp3) is 0.312. The largest absolute Gasteiger partial charge is 0.496 e. The lowest BCUT2D eigenvalue weighted by Gasteiger charge is -2.15. The first kappa shape index (κ1) is 14.8. The van der Waals surface area contributed by atoms with E-state index in [0.717, 1.165) is 17.7 Å². The van der Waals surface area contributed by atoms with Crippen molar-refractivity contribution in [2.45, 2.75) is 25.9 Å². The maximum atomic E-state index is 10.3. The number of benzene rings is 1. The first-order chi connectivity index (χ1) is 9.63. The second kappa shape index (κ2) is 6.73. The van der Waals surface area contributed by atoms with E-state index < -0.39 is 6.10 Å². The average Bonchev–Trinajstić information content (AvgIpc) is 2.47. The second-order valence-electron chi connectivity index (χ2n) is 4.62. The number of ether oxygens (including phenoxy) is 1. The summed E-state index contributed by atoms with van der Waals surface area (Å²) in [5.74, 6) is 0.593. The van der Waals surface area contributed by atoms with Gasteiger partial charge < -0.3 is 9.84 Å². The van der Waals surface area contributed by atoms with Gasteiger partial charge in [0.25, 0.3) is 0 Å². The Kier molecular flexibility index (Phi) is 4.99. The molecule has 0 fully saturated rings. The van der Waals surface area contributed by atoms with Crippen LogP contribution in [-0.2, 0) is 12.8 Å². The zero-order chi connectivity index (χ0) is 14.5. The number of hydrogen-bond acceptors (Lipinski definition) is 3. The van der Waals surface area contributed by atoms with Crippen molar-refractivity contribution >= 4 is 11.6 Å². The van der Waals surface area contributed by atoms with E-state index in [0.29, 0.717) is 17.2 Å². The minimum Gasteiger partial charge on any atom is -0.496 e. The molecule has 0 amide bonds. The van der Waals surface area contributed by atoms with Crippen molar-refractivity contribution < 1.29 is 9.84 Å². The number of hydrogen-bond donors (Lipinski definition) is 1. The fourth-order valence-electron chi connectivity index (χ4n) is 2.05. The zero-order valence-electron chi connectivity index (χ0n) is 11.6. The number of methoxy groups -OCH3 is 1. The summed E-state index contributed by atoms with van der Waals surface area (Å²) in [6, 6.07) is 9.22. The molecular formula is C16H18ClNO2. The molecule has 1 unspecified atom stereocenters. The molecule has 2 rings (SSSR count). The van der Waals surface area contributed by atoms with Crippen molar-refractivity contribution in [2.24, 2.45) is 0 Å². The summed E-state index contributed by atoms with van der Waals surface area (Å²) >= 11 is 5.92. The first-order valence-electron chi connectivity index (χ1n) is 6.59. The molecule has 3 nitrogen and oxygen atoms in total. The zero-order valence-corrected chi connectivity index (χ0v) is 12.4. The summed E-state index contributed by atoms with van der Waals surface area (Å²) in [5, 5.41) is 10.9. The van der Waals surface area contributed by atoms with Gasteiger partial charge in [-0.25, -0.2) is 0 Å². The van der Waals surface area contributed by atoms with Crippen LogP contribution in [0.4, 0.5) is 0 Å². The van der Waals surface area contributed by atoms with Crippen molar-refractivity contribution in [3.63, 3.8) is 0 Å². The van der Waals surface area contributed by atoms with E-state index in [9.17, 15) is 5.11 Å². The quantitative estimate of drug-likeness (QED) is 0.915. The molecule has 0 aliphatic carbocycles. The van der Waals surface area contributed by atoms with E-state index >= 15 is 0 Å². The number of aliphatic hydroxyl groups is 1. The van der Waals surface area contributed by atoms with Crippen molar-refractivity contribution in [1.29, 1.82) is 0 Å². The topological polar surface area (TPSA) is 42.4 Å². The van der Waals surface area contributed by atoms with Crippen molar-refractivity contribution in [1.82, 2.24) is 4.98 Å². The molecule has 106 valence electrons. The Balaban J connectivity index is 2.16. The van der Waals surface area contributed by atoms with Crippen molar-refractivity contribution in [2.75, 3.05) is 7.11 Å². The molecule has 4 heteroatoms. The molecule has 20 heavy (non-hydrogen) atoms. The molecule has 1 atom stereocenters. The summed E-state index contributed by atoms with van der Waals surface area (Å²) in [6.07, 6.45) is 2.59. The van der Waals surface area contributed by atoms with Crippen LogP contribution in [0.25, 0.3) is 0 Å². The van der Waals surface area contributed by atoms with Gasteiger partial charge in [0.1, 0.15) is 5.75 Å². The molecular weight excluding hydrogens is 274 g/mol. The van der Waals surface area contributed by atoms with Gasteiger partial charge in [-0.15, -0.1) is 0 Å². The van der Waals surface area contributed by atoms with Crippen LogP contribution in [-0.4, -0.2) is 17.2 Å². The summed E-state index contributed by atoms with van der Waals surface area (Å²) in [6.45, 7) is 2.09. The number of aliphatic hydroxyl groups excluding tert-OH is 1. The van der Waals surface area contributed by atoms with Crippen molar-refractivity contribution in [3.8, 4) is 5.75 Å². The van der Waals surface area contributed by atoms with Gasteiger partial charge >= 0.3 is 0 Å². The minimum atomic E-state index is -0.665. The van der Waals surface area contributed by atoms with Gasteiger partial charge in [-0.3, -0.25) is 4.98 Å². The maximum Gasteiger partial charge on any atom is 0.126 e. The van der Waals surface area contributed by atoms with E-state index in [4.69, 9.17) is 16.3 Å². The van der Waals surface area contributed by atoms with Crippen LogP contribution in [0.5, 0.6) is 5.75 Å². The molecule has 0 radical (unpaired) electrons. The van der Waals surface area contributed by atoms with Gasteiger partial charge in [-0.1, -0.05) is 30.7 Å². The third-order valence-electron chi connectivity index (χ3n) is 3.25. The molecule has 0 saturated heterocycles. The normalized spacial score (nSPS) is 12.2. The SMILES string of the molecule is CCc1ccc(CC(O)c2ccc(Cl)cc2OC)nc1. The van der Waals surface area contributed by atoms with E-state index in [2.05, 4.69) is 11.9 Å².